The molecule has 1 heterocycles. The number of hydrogen-bond donors (Lipinski definition) is 0. The Labute approximate surface area is 99.2 Å². The molecule has 1 aromatic carbocycles. The van der Waals surface area contributed by atoms with E-state index in [0.29, 0.717) is 0 Å². The molecular weight excluding hydrogens is 222 g/mol. The van der Waals surface area contributed by atoms with Gasteiger partial charge in [0.1, 0.15) is 11.3 Å². The van der Waals surface area contributed by atoms with E-state index < -0.39 is 0 Å². The van der Waals surface area contributed by atoms with Crippen LogP contribution in [-0.4, -0.2) is 17.8 Å². The number of hydrogen-bond acceptors (Lipinski definition) is 4. The molecule has 0 saturated carbocycles. The van der Waals surface area contributed by atoms with Crippen LogP contribution in [0.1, 0.15) is 19.8 Å². The first-order chi connectivity index (χ1) is 7.83. The molecule has 16 heavy (non-hydrogen) atoms. The summed E-state index contributed by atoms with van der Waals surface area (Å²) in [7, 11) is 1.65. The Morgan fingerprint density at radius 3 is 3.06 bits per heavy atom. The number of nitrogens with zero attached hydrogens (tertiary/aromatic N) is 1. The molecule has 0 saturated heterocycles. The van der Waals surface area contributed by atoms with Crippen LogP contribution in [0.25, 0.3) is 11.1 Å². The van der Waals surface area contributed by atoms with Gasteiger partial charge in [-0.15, -0.1) is 0 Å². The molecule has 0 aliphatic rings. The molecule has 86 valence electrons. The van der Waals surface area contributed by atoms with E-state index in [1.807, 2.05) is 18.2 Å². The van der Waals surface area contributed by atoms with Gasteiger partial charge in [0, 0.05) is 11.8 Å². The first kappa shape index (κ1) is 11.3. The molecule has 0 spiro atoms. The molecule has 0 aliphatic heterocycles. The second-order valence-corrected chi connectivity index (χ2v) is 4.56. The topological polar surface area (TPSA) is 35.3 Å². The number of methoxy groups -OCH3 is 1. The highest BCUT2D eigenvalue weighted by Gasteiger charge is 2.06. The second kappa shape index (κ2) is 5.25. The fourth-order valence-electron chi connectivity index (χ4n) is 1.38. The minimum Gasteiger partial charge on any atom is -0.497 e. The van der Waals surface area contributed by atoms with E-state index in [1.54, 1.807) is 18.9 Å². The predicted octanol–water partition coefficient (Wildman–Crippen LogP) is 3.73. The van der Waals surface area contributed by atoms with Crippen LogP contribution in [-0.2, 0) is 0 Å². The predicted molar refractivity (Wildman–Crippen MR) is 66.2 cm³/mol. The fourth-order valence-corrected chi connectivity index (χ4v) is 2.30. The van der Waals surface area contributed by atoms with Crippen molar-refractivity contribution in [3.05, 3.63) is 18.2 Å². The summed E-state index contributed by atoms with van der Waals surface area (Å²) in [6.45, 7) is 2.18. The SMILES string of the molecule is CCCCSc1nc2cc(OC)ccc2o1. The van der Waals surface area contributed by atoms with Crippen LogP contribution in [0.3, 0.4) is 0 Å². The third-order valence-corrected chi connectivity index (χ3v) is 3.21. The number of aromatic nitrogens is 1. The lowest BCUT2D eigenvalue weighted by molar-refractivity contribution is 0.415. The molecule has 0 fully saturated rings. The van der Waals surface area contributed by atoms with Crippen molar-refractivity contribution >= 4 is 22.9 Å². The summed E-state index contributed by atoms with van der Waals surface area (Å²) in [4.78, 5) is 4.41. The highest BCUT2D eigenvalue weighted by molar-refractivity contribution is 7.99. The molecule has 0 amide bonds. The van der Waals surface area contributed by atoms with Crippen LogP contribution in [0.4, 0.5) is 0 Å². The quantitative estimate of drug-likeness (QED) is 0.586. The molecule has 0 bridgehead atoms. The standard InChI is InChI=1S/C12H15NO2S/c1-3-4-7-16-12-13-10-8-9(14-2)5-6-11(10)15-12/h5-6,8H,3-4,7H2,1-2H3. The first-order valence-corrected chi connectivity index (χ1v) is 6.39. The molecule has 0 unspecified atom stereocenters. The summed E-state index contributed by atoms with van der Waals surface area (Å²) in [6.07, 6.45) is 2.38. The number of rotatable bonds is 5. The summed E-state index contributed by atoms with van der Waals surface area (Å²) >= 11 is 1.67. The summed E-state index contributed by atoms with van der Waals surface area (Å²) in [5.74, 6) is 1.87. The zero-order chi connectivity index (χ0) is 11.4. The van der Waals surface area contributed by atoms with Gasteiger partial charge in [0.25, 0.3) is 5.22 Å². The Morgan fingerprint density at radius 1 is 1.44 bits per heavy atom. The van der Waals surface area contributed by atoms with Gasteiger partial charge in [-0.25, -0.2) is 4.98 Å². The lowest BCUT2D eigenvalue weighted by atomic mass is 10.3. The van der Waals surface area contributed by atoms with Crippen LogP contribution < -0.4 is 4.74 Å². The minimum atomic E-state index is 0.747. The molecular formula is C12H15NO2S. The molecule has 0 N–H and O–H groups in total. The lowest BCUT2D eigenvalue weighted by Crippen LogP contribution is -1.81. The first-order valence-electron chi connectivity index (χ1n) is 5.41. The molecule has 2 aromatic rings. The van der Waals surface area contributed by atoms with Gasteiger partial charge in [0.2, 0.25) is 0 Å². The highest BCUT2D eigenvalue weighted by Crippen LogP contribution is 2.26. The zero-order valence-corrected chi connectivity index (χ0v) is 10.3. The van der Waals surface area contributed by atoms with Gasteiger partial charge in [-0.1, -0.05) is 25.1 Å². The van der Waals surface area contributed by atoms with Gasteiger partial charge in [-0.3, -0.25) is 0 Å². The smallest absolute Gasteiger partial charge is 0.256 e. The number of unbranched alkanes of at least 4 members (excludes halogenated alkanes) is 1. The van der Waals surface area contributed by atoms with E-state index >= 15 is 0 Å². The maximum absolute atomic E-state index is 5.61. The fraction of sp³-hybridized carbons (Fsp3) is 0.417. The Kier molecular flexibility index (Phi) is 3.72. The molecule has 0 radical (unpaired) electrons. The van der Waals surface area contributed by atoms with E-state index in [-0.39, 0.29) is 0 Å². The van der Waals surface area contributed by atoms with Gasteiger partial charge >= 0.3 is 0 Å². The summed E-state index contributed by atoms with van der Waals surface area (Å²) < 4.78 is 10.8. The van der Waals surface area contributed by atoms with Crippen molar-refractivity contribution < 1.29 is 9.15 Å². The maximum Gasteiger partial charge on any atom is 0.256 e. The van der Waals surface area contributed by atoms with Gasteiger partial charge in [-0.05, 0) is 18.6 Å². The average Bonchev–Trinajstić information content (AvgIpc) is 2.70. The van der Waals surface area contributed by atoms with Crippen molar-refractivity contribution in [3.8, 4) is 5.75 Å². The van der Waals surface area contributed by atoms with Gasteiger partial charge in [0.05, 0.1) is 7.11 Å². The molecule has 2 rings (SSSR count). The number of benzene rings is 1. The Balaban J connectivity index is 2.16. The minimum absolute atomic E-state index is 0.747. The number of thioether (sulfide) groups is 1. The van der Waals surface area contributed by atoms with E-state index in [4.69, 9.17) is 9.15 Å². The maximum atomic E-state index is 5.61. The monoisotopic (exact) mass is 237 g/mol. The van der Waals surface area contributed by atoms with Gasteiger partial charge in [-0.2, -0.15) is 0 Å². The van der Waals surface area contributed by atoms with Crippen LogP contribution >= 0.6 is 11.8 Å². The van der Waals surface area contributed by atoms with Crippen LogP contribution in [0.5, 0.6) is 5.75 Å². The molecule has 0 atom stereocenters. The van der Waals surface area contributed by atoms with Crippen LogP contribution in [0.15, 0.2) is 27.8 Å². The second-order valence-electron chi connectivity index (χ2n) is 3.52. The summed E-state index contributed by atoms with van der Waals surface area (Å²) in [5.41, 5.74) is 1.68. The number of oxazole rings is 1. The van der Waals surface area contributed by atoms with E-state index in [0.717, 1.165) is 27.8 Å². The normalized spacial score (nSPS) is 10.9. The Hall–Kier alpha value is -1.16. The van der Waals surface area contributed by atoms with Crippen molar-refractivity contribution in [1.29, 1.82) is 0 Å². The average molecular weight is 237 g/mol. The van der Waals surface area contributed by atoms with Crippen LogP contribution in [0, 0.1) is 0 Å². The lowest BCUT2D eigenvalue weighted by Gasteiger charge is -1.95. The van der Waals surface area contributed by atoms with Crippen molar-refractivity contribution in [2.75, 3.05) is 12.9 Å². The van der Waals surface area contributed by atoms with E-state index in [2.05, 4.69) is 11.9 Å². The van der Waals surface area contributed by atoms with Crippen molar-refractivity contribution in [2.45, 2.75) is 25.0 Å². The summed E-state index contributed by atoms with van der Waals surface area (Å²) in [6, 6.07) is 5.67. The molecule has 0 aliphatic carbocycles. The molecule has 3 nitrogen and oxygen atoms in total. The van der Waals surface area contributed by atoms with Gasteiger partial charge in [0.15, 0.2) is 5.58 Å². The third kappa shape index (κ3) is 2.50. The molecule has 4 heteroatoms. The van der Waals surface area contributed by atoms with Crippen LogP contribution in [0.2, 0.25) is 0 Å². The molecule has 1 aromatic heterocycles. The van der Waals surface area contributed by atoms with Crippen molar-refractivity contribution in [3.63, 3.8) is 0 Å². The Morgan fingerprint density at radius 2 is 2.31 bits per heavy atom. The largest absolute Gasteiger partial charge is 0.497 e. The highest BCUT2D eigenvalue weighted by atomic mass is 32.2. The number of fused-ring (bicyclic) bond motifs is 1. The number of ether oxygens (including phenoxy) is 1. The van der Waals surface area contributed by atoms with Crippen molar-refractivity contribution in [2.24, 2.45) is 0 Å². The summed E-state index contributed by atoms with van der Waals surface area (Å²) in [5, 5.41) is 0.747. The van der Waals surface area contributed by atoms with Crippen molar-refractivity contribution in [1.82, 2.24) is 4.98 Å². The van der Waals surface area contributed by atoms with Gasteiger partial charge < -0.3 is 9.15 Å². The Bertz CT molecular complexity index is 467. The van der Waals surface area contributed by atoms with E-state index in [9.17, 15) is 0 Å². The zero-order valence-electron chi connectivity index (χ0n) is 9.53. The third-order valence-electron chi connectivity index (χ3n) is 2.30. The van der Waals surface area contributed by atoms with E-state index in [1.165, 1.54) is 12.8 Å².